The van der Waals surface area contributed by atoms with Crippen molar-refractivity contribution in [1.82, 2.24) is 25.7 Å². The second kappa shape index (κ2) is 12.5. The highest BCUT2D eigenvalue weighted by Crippen LogP contribution is 2.29. The number of amides is 3. The van der Waals surface area contributed by atoms with Gasteiger partial charge in [-0.15, -0.1) is 0 Å². The number of piperidine rings is 1. The topological polar surface area (TPSA) is 152 Å². The van der Waals surface area contributed by atoms with Crippen molar-refractivity contribution in [3.05, 3.63) is 81.8 Å². The van der Waals surface area contributed by atoms with Gasteiger partial charge in [-0.2, -0.15) is 5.10 Å². The molecule has 1 fully saturated rings. The molecule has 8 rings (SSSR count). The molecule has 1 aromatic heterocycles. The number of nitrogens with one attached hydrogen (secondary N) is 3. The third-order valence-electron chi connectivity index (χ3n) is 7.01. The van der Waals surface area contributed by atoms with Crippen molar-refractivity contribution in [3.63, 3.8) is 0 Å². The van der Waals surface area contributed by atoms with E-state index in [2.05, 4.69) is 20.8 Å². The van der Waals surface area contributed by atoms with Crippen molar-refractivity contribution in [1.29, 1.82) is 0 Å². The van der Waals surface area contributed by atoms with E-state index in [0.717, 1.165) is 11.1 Å². The number of rotatable bonds is 2. The Morgan fingerprint density at radius 1 is 1.00 bits per heavy atom. The van der Waals surface area contributed by atoms with Gasteiger partial charge in [-0.3, -0.25) is 19.2 Å². The van der Waals surface area contributed by atoms with Gasteiger partial charge in [-0.1, -0.05) is 18.2 Å². The first-order valence-electron chi connectivity index (χ1n) is 13.3. The minimum absolute atomic E-state index is 0.0723. The van der Waals surface area contributed by atoms with Crippen LogP contribution in [0.1, 0.15) is 34.5 Å². The maximum absolute atomic E-state index is 13.1. The average molecular weight is 562 g/mol. The van der Waals surface area contributed by atoms with Crippen molar-refractivity contribution in [2.45, 2.75) is 38.0 Å². The lowest BCUT2D eigenvalue weighted by Gasteiger charge is -2.38. The zero-order chi connectivity index (χ0) is 28.8. The number of nitrogens with zero attached hydrogens (tertiary/aromatic N) is 2. The first-order valence-corrected chi connectivity index (χ1v) is 13.3. The molecule has 5 aliphatic heterocycles. The molecule has 1 saturated heterocycles. The molecule has 6 heterocycles. The molecule has 2 aromatic carbocycles. The third kappa shape index (κ3) is 7.02. The number of likely N-dealkylation sites (tertiary alicyclic amines) is 1. The number of carbonyl (C=O) groups excluding carboxylic acids is 3. The Hall–Kier alpha value is -4.87. The number of aryl methyl sites for hydroxylation is 1. The highest BCUT2D eigenvalue weighted by atomic mass is 16.5. The predicted molar refractivity (Wildman–Crippen MR) is 147 cm³/mol. The van der Waals surface area contributed by atoms with Crippen LogP contribution in [0.15, 0.2) is 59.4 Å². The van der Waals surface area contributed by atoms with Gasteiger partial charge < -0.3 is 29.7 Å². The highest BCUT2D eigenvalue weighted by molar-refractivity contribution is 5.92. The Morgan fingerprint density at radius 3 is 2.56 bits per heavy atom. The molecule has 41 heavy (non-hydrogen) atoms. The summed E-state index contributed by atoms with van der Waals surface area (Å²) in [6.45, 7) is 0.623. The maximum atomic E-state index is 13.1. The van der Waals surface area contributed by atoms with E-state index in [1.807, 2.05) is 30.3 Å². The summed E-state index contributed by atoms with van der Waals surface area (Å²) in [5, 5.41) is 12.0. The highest BCUT2D eigenvalue weighted by Gasteiger charge is 2.35. The summed E-state index contributed by atoms with van der Waals surface area (Å²) in [6.07, 6.45) is 0.834. The van der Waals surface area contributed by atoms with Crippen LogP contribution in [0.4, 0.5) is 0 Å². The van der Waals surface area contributed by atoms with E-state index in [9.17, 15) is 19.2 Å². The fraction of sp³-hybridized carbons (Fsp3) is 0.345. The largest absolute Gasteiger partial charge is 0.493 e. The van der Waals surface area contributed by atoms with Gasteiger partial charge in [0, 0.05) is 38.5 Å². The van der Waals surface area contributed by atoms with Crippen LogP contribution in [-0.4, -0.2) is 71.8 Å². The Bertz CT molecular complexity index is 1450. The summed E-state index contributed by atoms with van der Waals surface area (Å²) in [5.74, 6) is 0.606. The van der Waals surface area contributed by atoms with E-state index in [4.69, 9.17) is 14.2 Å². The summed E-state index contributed by atoms with van der Waals surface area (Å²) in [6, 6.07) is 14.8. The fourth-order valence-electron chi connectivity index (χ4n) is 4.81. The van der Waals surface area contributed by atoms with Crippen LogP contribution in [0.2, 0.25) is 0 Å². The van der Waals surface area contributed by atoms with E-state index in [0.29, 0.717) is 49.6 Å². The van der Waals surface area contributed by atoms with Crippen LogP contribution in [0.25, 0.3) is 0 Å². The summed E-state index contributed by atoms with van der Waals surface area (Å²) in [5.41, 5.74) is 1.51. The molecule has 12 heteroatoms. The molecule has 3 aromatic rings. The molecule has 0 aliphatic carbocycles. The monoisotopic (exact) mass is 561 g/mol. The number of hydrogen-bond acceptors (Lipinski definition) is 8. The summed E-state index contributed by atoms with van der Waals surface area (Å²) in [4.78, 5) is 51.5. The van der Waals surface area contributed by atoms with Gasteiger partial charge in [0.2, 0.25) is 5.91 Å². The minimum atomic E-state index is -0.555. The molecule has 3 N–H and O–H groups in total. The van der Waals surface area contributed by atoms with Crippen LogP contribution in [0.5, 0.6) is 17.2 Å². The summed E-state index contributed by atoms with van der Waals surface area (Å²) >= 11 is 0. The second-order valence-corrected chi connectivity index (χ2v) is 9.87. The first kappa shape index (κ1) is 27.7. The van der Waals surface area contributed by atoms with Crippen LogP contribution < -0.4 is 30.4 Å². The molecule has 0 unspecified atom stereocenters. The molecule has 5 aliphatic rings. The van der Waals surface area contributed by atoms with Crippen LogP contribution >= 0.6 is 0 Å². The first-order chi connectivity index (χ1) is 19.9. The number of aromatic amines is 1. The standard InChI is InChI=1S/C29H31N5O7/c1-39-25-14-18-4-9-24(25)40-17-28(37)31-22-16-34(29(38)21-8-11-27(36)33-32-21)13-12-23(22)41-20-6-2-19(3-7-20)15-30-26(35)10-5-18/h2-4,6-9,11,14,22-23H,5,10,12-13,15-17H2,1H3,(H,30,35)(H,31,37)(H,33,36)/t22-,23-/m1/s1. The summed E-state index contributed by atoms with van der Waals surface area (Å²) in [7, 11) is 1.51. The van der Waals surface area contributed by atoms with Crippen molar-refractivity contribution in [2.75, 3.05) is 26.8 Å². The van der Waals surface area contributed by atoms with Gasteiger partial charge in [0.15, 0.2) is 18.1 Å². The fourth-order valence-corrected chi connectivity index (χ4v) is 4.81. The Morgan fingerprint density at radius 2 is 1.80 bits per heavy atom. The SMILES string of the molecule is COc1cc2ccc1OCC(=O)N[C@@H]1CN(C(=O)c3ccc(=O)[nH]n3)CC[C@H]1Oc1ccc(cc1)CNC(=O)CC2. The number of methoxy groups -OCH3 is 1. The molecule has 0 spiro atoms. The number of ether oxygens (including phenoxy) is 3. The molecule has 2 atom stereocenters. The van der Waals surface area contributed by atoms with Gasteiger partial charge in [-0.25, -0.2) is 5.10 Å². The maximum Gasteiger partial charge on any atom is 0.274 e. The van der Waals surface area contributed by atoms with E-state index in [1.54, 1.807) is 17.0 Å². The number of hydrogen-bond donors (Lipinski definition) is 3. The molecule has 3 amide bonds. The Balaban J connectivity index is 1.37. The van der Waals surface area contributed by atoms with E-state index in [-0.39, 0.29) is 30.7 Å². The molecule has 0 saturated carbocycles. The van der Waals surface area contributed by atoms with Crippen molar-refractivity contribution in [3.8, 4) is 17.2 Å². The smallest absolute Gasteiger partial charge is 0.274 e. The van der Waals surface area contributed by atoms with Gasteiger partial charge in [0.25, 0.3) is 17.4 Å². The predicted octanol–water partition coefficient (Wildman–Crippen LogP) is 1.20. The molecule has 0 radical (unpaired) electrons. The third-order valence-corrected chi connectivity index (χ3v) is 7.01. The number of carbonyl (C=O) groups is 3. The molecular formula is C29H31N5O7. The molecule has 214 valence electrons. The zero-order valence-corrected chi connectivity index (χ0v) is 22.6. The Kier molecular flexibility index (Phi) is 8.47. The minimum Gasteiger partial charge on any atom is -0.493 e. The normalized spacial score (nSPS) is 19.7. The zero-order valence-electron chi connectivity index (χ0n) is 22.6. The molecule has 4 bridgehead atoms. The lowest BCUT2D eigenvalue weighted by molar-refractivity contribution is -0.125. The second-order valence-electron chi connectivity index (χ2n) is 9.87. The molecule has 12 nitrogen and oxygen atoms in total. The number of H-pyrrole nitrogens is 1. The van der Waals surface area contributed by atoms with Crippen molar-refractivity contribution < 1.29 is 28.6 Å². The number of aromatic nitrogens is 2. The van der Waals surface area contributed by atoms with Gasteiger partial charge in [0.1, 0.15) is 17.5 Å². The van der Waals surface area contributed by atoms with Gasteiger partial charge >= 0.3 is 0 Å². The lowest BCUT2D eigenvalue weighted by atomic mass is 10.0. The van der Waals surface area contributed by atoms with Crippen LogP contribution in [-0.2, 0) is 22.6 Å². The average Bonchev–Trinajstić information content (AvgIpc) is 2.99. The van der Waals surface area contributed by atoms with Gasteiger partial charge in [-0.05, 0) is 47.9 Å². The van der Waals surface area contributed by atoms with Crippen molar-refractivity contribution >= 4 is 17.7 Å². The Labute approximate surface area is 236 Å². The number of benzene rings is 2. The van der Waals surface area contributed by atoms with Crippen molar-refractivity contribution in [2.24, 2.45) is 0 Å². The van der Waals surface area contributed by atoms with Crippen LogP contribution in [0.3, 0.4) is 0 Å². The van der Waals surface area contributed by atoms with Gasteiger partial charge in [0.05, 0.1) is 13.2 Å². The van der Waals surface area contributed by atoms with Crippen LogP contribution in [0, 0.1) is 0 Å². The van der Waals surface area contributed by atoms with E-state index < -0.39 is 23.6 Å². The van der Waals surface area contributed by atoms with E-state index >= 15 is 0 Å². The summed E-state index contributed by atoms with van der Waals surface area (Å²) < 4.78 is 17.5. The van der Waals surface area contributed by atoms with E-state index in [1.165, 1.54) is 19.2 Å². The molecular weight excluding hydrogens is 530 g/mol. The lowest BCUT2D eigenvalue weighted by Crippen LogP contribution is -2.58. The quantitative estimate of drug-likeness (QED) is 0.422.